The van der Waals surface area contributed by atoms with E-state index in [9.17, 15) is 14.0 Å². The van der Waals surface area contributed by atoms with E-state index < -0.39 is 24.3 Å². The zero-order valence-electron chi connectivity index (χ0n) is 14.9. The van der Waals surface area contributed by atoms with Crippen molar-refractivity contribution >= 4 is 17.6 Å². The molecular weight excluding hydrogens is 337 g/mol. The first kappa shape index (κ1) is 19.4. The molecule has 1 N–H and O–H groups in total. The number of nitrogens with one attached hydrogen (secondary N) is 1. The lowest BCUT2D eigenvalue weighted by molar-refractivity contribution is -0.147. The highest BCUT2D eigenvalue weighted by Crippen LogP contribution is 2.19. The molecule has 2 rings (SSSR count). The summed E-state index contributed by atoms with van der Waals surface area (Å²) in [7, 11) is 0. The van der Waals surface area contributed by atoms with Gasteiger partial charge in [0.25, 0.3) is 5.91 Å². The Morgan fingerprint density at radius 2 is 1.92 bits per heavy atom. The number of rotatable bonds is 8. The third-order valence-electron chi connectivity index (χ3n) is 3.69. The summed E-state index contributed by atoms with van der Waals surface area (Å²) in [6.45, 7) is 3.65. The Morgan fingerprint density at radius 1 is 1.15 bits per heavy atom. The molecule has 0 saturated heterocycles. The number of halogens is 1. The van der Waals surface area contributed by atoms with Crippen LogP contribution in [-0.2, 0) is 20.7 Å². The van der Waals surface area contributed by atoms with Crippen molar-refractivity contribution in [1.29, 1.82) is 0 Å². The van der Waals surface area contributed by atoms with Crippen molar-refractivity contribution in [2.45, 2.75) is 26.7 Å². The zero-order chi connectivity index (χ0) is 18.9. The van der Waals surface area contributed by atoms with Crippen molar-refractivity contribution in [2.75, 3.05) is 18.5 Å². The molecule has 138 valence electrons. The first-order valence-electron chi connectivity index (χ1n) is 8.42. The van der Waals surface area contributed by atoms with Crippen LogP contribution in [0.3, 0.4) is 0 Å². The van der Waals surface area contributed by atoms with Gasteiger partial charge in [0, 0.05) is 12.1 Å². The lowest BCUT2D eigenvalue weighted by Gasteiger charge is -2.10. The lowest BCUT2D eigenvalue weighted by Crippen LogP contribution is -2.21. The van der Waals surface area contributed by atoms with E-state index in [-0.39, 0.29) is 6.42 Å². The number of anilines is 1. The molecular formula is C20H22FNO4. The maximum atomic E-state index is 13.4. The monoisotopic (exact) mass is 359 g/mol. The molecule has 1 amide bonds. The highest BCUT2D eigenvalue weighted by molar-refractivity contribution is 5.92. The number of carbonyl (C=O) groups is 2. The molecule has 6 heteroatoms. The average molecular weight is 359 g/mol. The first-order valence-corrected chi connectivity index (χ1v) is 8.42. The Labute approximate surface area is 152 Å². The minimum atomic E-state index is -0.517. The minimum Gasteiger partial charge on any atom is -0.494 e. The highest BCUT2D eigenvalue weighted by atomic mass is 19.1. The van der Waals surface area contributed by atoms with Gasteiger partial charge >= 0.3 is 5.97 Å². The molecule has 0 bridgehead atoms. The third-order valence-corrected chi connectivity index (χ3v) is 3.69. The molecule has 0 saturated carbocycles. The number of benzene rings is 2. The second-order valence-corrected chi connectivity index (χ2v) is 5.71. The second kappa shape index (κ2) is 9.56. The van der Waals surface area contributed by atoms with Crippen molar-refractivity contribution in [3.8, 4) is 5.75 Å². The molecule has 26 heavy (non-hydrogen) atoms. The molecule has 0 heterocycles. The van der Waals surface area contributed by atoms with E-state index in [1.807, 2.05) is 31.2 Å². The van der Waals surface area contributed by atoms with E-state index >= 15 is 0 Å². The number of esters is 1. The summed E-state index contributed by atoms with van der Waals surface area (Å²) in [5, 5.41) is 2.49. The summed E-state index contributed by atoms with van der Waals surface area (Å²) in [4.78, 5) is 23.6. The lowest BCUT2D eigenvalue weighted by atomic mass is 10.1. The maximum Gasteiger partial charge on any atom is 0.306 e. The molecule has 0 radical (unpaired) electrons. The van der Waals surface area contributed by atoms with Crippen LogP contribution < -0.4 is 10.1 Å². The van der Waals surface area contributed by atoms with E-state index in [0.29, 0.717) is 24.3 Å². The van der Waals surface area contributed by atoms with Gasteiger partial charge in [-0.05, 0) is 49.6 Å². The van der Waals surface area contributed by atoms with Gasteiger partial charge in [-0.2, -0.15) is 0 Å². The largest absolute Gasteiger partial charge is 0.494 e. The number of carbonyl (C=O) groups excluding carboxylic acids is 2. The van der Waals surface area contributed by atoms with Crippen LogP contribution in [0.25, 0.3) is 0 Å². The van der Waals surface area contributed by atoms with Gasteiger partial charge in [0.15, 0.2) is 6.61 Å². The Balaban J connectivity index is 1.78. The highest BCUT2D eigenvalue weighted by Gasteiger charge is 2.11. The summed E-state index contributed by atoms with van der Waals surface area (Å²) in [6, 6.07) is 11.8. The van der Waals surface area contributed by atoms with Crippen LogP contribution in [0.5, 0.6) is 5.75 Å². The van der Waals surface area contributed by atoms with Crippen molar-refractivity contribution in [2.24, 2.45) is 0 Å². The Morgan fingerprint density at radius 3 is 2.65 bits per heavy atom. The molecule has 0 aliphatic rings. The van der Waals surface area contributed by atoms with Crippen LogP contribution in [0.2, 0.25) is 0 Å². The molecule has 0 spiro atoms. The molecule has 0 fully saturated rings. The normalized spacial score (nSPS) is 10.3. The maximum absolute atomic E-state index is 13.4. The van der Waals surface area contributed by atoms with Crippen molar-refractivity contribution in [3.05, 3.63) is 59.4 Å². The molecule has 2 aromatic carbocycles. The Kier molecular flexibility index (Phi) is 7.14. The van der Waals surface area contributed by atoms with Gasteiger partial charge in [-0.1, -0.05) is 24.3 Å². The number of para-hydroxylation sites is 1. The molecule has 0 aliphatic heterocycles. The zero-order valence-corrected chi connectivity index (χ0v) is 14.9. The standard InChI is InChI=1S/C20H22FNO4/c1-3-25-18-7-5-4-6-15(18)9-11-20(24)26-13-19(23)22-16-10-8-14(2)17(21)12-16/h4-8,10,12H,3,9,11,13H2,1-2H3,(H,22,23). The fraction of sp³-hybridized carbons (Fsp3) is 0.300. The van der Waals surface area contributed by atoms with E-state index in [1.54, 1.807) is 19.1 Å². The Hall–Kier alpha value is -2.89. The fourth-order valence-electron chi connectivity index (χ4n) is 2.33. The Bertz CT molecular complexity index is 776. The van der Waals surface area contributed by atoms with Gasteiger partial charge in [-0.3, -0.25) is 9.59 Å². The van der Waals surface area contributed by atoms with Crippen molar-refractivity contribution < 1.29 is 23.5 Å². The van der Waals surface area contributed by atoms with Gasteiger partial charge in [0.1, 0.15) is 11.6 Å². The topological polar surface area (TPSA) is 64.6 Å². The SMILES string of the molecule is CCOc1ccccc1CCC(=O)OCC(=O)Nc1ccc(C)c(F)c1. The average Bonchev–Trinajstić information content (AvgIpc) is 2.62. The summed E-state index contributed by atoms with van der Waals surface area (Å²) >= 11 is 0. The number of hydrogen-bond donors (Lipinski definition) is 1. The summed E-state index contributed by atoms with van der Waals surface area (Å²) in [5.41, 5.74) is 1.72. The van der Waals surface area contributed by atoms with Crippen LogP contribution in [0.15, 0.2) is 42.5 Å². The molecule has 0 aromatic heterocycles. The van der Waals surface area contributed by atoms with Crippen LogP contribution in [0.1, 0.15) is 24.5 Å². The van der Waals surface area contributed by atoms with Crippen LogP contribution >= 0.6 is 0 Å². The number of amides is 1. The van der Waals surface area contributed by atoms with E-state index in [2.05, 4.69) is 5.32 Å². The summed E-state index contributed by atoms with van der Waals surface area (Å²) in [6.07, 6.45) is 0.594. The molecule has 0 aliphatic carbocycles. The molecule has 0 unspecified atom stereocenters. The summed E-state index contributed by atoms with van der Waals surface area (Å²) in [5.74, 6) is -0.674. The van der Waals surface area contributed by atoms with E-state index in [4.69, 9.17) is 9.47 Å². The van der Waals surface area contributed by atoms with Crippen molar-refractivity contribution in [3.63, 3.8) is 0 Å². The van der Waals surface area contributed by atoms with Crippen LogP contribution in [0, 0.1) is 12.7 Å². The van der Waals surface area contributed by atoms with Crippen LogP contribution in [0.4, 0.5) is 10.1 Å². The van der Waals surface area contributed by atoms with Gasteiger partial charge < -0.3 is 14.8 Å². The van der Waals surface area contributed by atoms with Gasteiger partial charge in [-0.25, -0.2) is 4.39 Å². The quantitative estimate of drug-likeness (QED) is 0.731. The smallest absolute Gasteiger partial charge is 0.306 e. The fourth-order valence-corrected chi connectivity index (χ4v) is 2.33. The minimum absolute atomic E-state index is 0.135. The number of aryl methyl sites for hydroxylation is 2. The van der Waals surface area contributed by atoms with Crippen molar-refractivity contribution in [1.82, 2.24) is 0 Å². The number of hydrogen-bond acceptors (Lipinski definition) is 4. The van der Waals surface area contributed by atoms with Gasteiger partial charge in [0.05, 0.1) is 6.61 Å². The molecule has 2 aromatic rings. The first-order chi connectivity index (χ1) is 12.5. The predicted octanol–water partition coefficient (Wildman–Crippen LogP) is 3.65. The molecule has 0 atom stereocenters. The molecule has 5 nitrogen and oxygen atoms in total. The van der Waals surface area contributed by atoms with Gasteiger partial charge in [-0.15, -0.1) is 0 Å². The summed E-state index contributed by atoms with van der Waals surface area (Å²) < 4.78 is 23.9. The van der Waals surface area contributed by atoms with Crippen LogP contribution in [-0.4, -0.2) is 25.1 Å². The number of ether oxygens (including phenoxy) is 2. The second-order valence-electron chi connectivity index (χ2n) is 5.71. The third kappa shape index (κ3) is 5.88. The van der Waals surface area contributed by atoms with E-state index in [0.717, 1.165) is 11.3 Å². The van der Waals surface area contributed by atoms with E-state index in [1.165, 1.54) is 6.07 Å². The predicted molar refractivity (Wildman–Crippen MR) is 96.7 cm³/mol. The van der Waals surface area contributed by atoms with Gasteiger partial charge in [0.2, 0.25) is 0 Å².